The Labute approximate surface area is 116 Å². The van der Waals surface area contributed by atoms with Gasteiger partial charge in [0.1, 0.15) is 6.17 Å². The molecule has 1 atom stereocenters. The maximum absolute atomic E-state index is 13.0. The highest BCUT2D eigenvalue weighted by molar-refractivity contribution is 5.72. The van der Waals surface area contributed by atoms with E-state index in [0.717, 1.165) is 16.7 Å². The van der Waals surface area contributed by atoms with Gasteiger partial charge in [-0.05, 0) is 44.4 Å². The van der Waals surface area contributed by atoms with Crippen LogP contribution >= 0.6 is 0 Å². The van der Waals surface area contributed by atoms with Crippen LogP contribution in [0.2, 0.25) is 0 Å². The Morgan fingerprint density at radius 1 is 1.26 bits per heavy atom. The first-order chi connectivity index (χ1) is 8.90. The second kappa shape index (κ2) is 7.08. The molecule has 0 aliphatic carbocycles. The Balaban J connectivity index is 2.86. The zero-order valence-corrected chi connectivity index (χ0v) is 12.3. The van der Waals surface area contributed by atoms with E-state index in [1.165, 1.54) is 11.1 Å². The molecule has 0 bridgehead atoms. The van der Waals surface area contributed by atoms with Gasteiger partial charge in [0.25, 0.3) is 0 Å². The summed E-state index contributed by atoms with van der Waals surface area (Å²) in [5, 5.41) is 0. The van der Waals surface area contributed by atoms with E-state index in [0.29, 0.717) is 6.42 Å². The van der Waals surface area contributed by atoms with Crippen LogP contribution in [0.4, 0.5) is 4.39 Å². The molecule has 0 saturated carbocycles. The summed E-state index contributed by atoms with van der Waals surface area (Å²) in [6.07, 6.45) is 3.73. The van der Waals surface area contributed by atoms with Crippen molar-refractivity contribution >= 4 is 5.57 Å². The quantitative estimate of drug-likeness (QED) is 0.611. The molecule has 0 aromatic heterocycles. The molecule has 0 heterocycles. The lowest BCUT2D eigenvalue weighted by atomic mass is 10.0. The first-order valence-electron chi connectivity index (χ1n) is 6.64. The van der Waals surface area contributed by atoms with Crippen molar-refractivity contribution in [2.75, 3.05) is 0 Å². The van der Waals surface area contributed by atoms with Gasteiger partial charge < -0.3 is 0 Å². The molecule has 0 saturated heterocycles. The molecule has 0 radical (unpaired) electrons. The molecule has 1 aromatic rings. The van der Waals surface area contributed by atoms with Gasteiger partial charge in [-0.3, -0.25) is 0 Å². The van der Waals surface area contributed by atoms with Crippen molar-refractivity contribution in [1.82, 2.24) is 0 Å². The van der Waals surface area contributed by atoms with Gasteiger partial charge >= 0.3 is 0 Å². The van der Waals surface area contributed by atoms with Gasteiger partial charge in [0, 0.05) is 6.42 Å². The van der Waals surface area contributed by atoms with E-state index >= 15 is 0 Å². The highest BCUT2D eigenvalue weighted by Crippen LogP contribution is 2.18. The summed E-state index contributed by atoms with van der Waals surface area (Å²) in [5.74, 6) is 0. The molecule has 1 aromatic carbocycles. The normalized spacial score (nSPS) is 12.5. The van der Waals surface area contributed by atoms with Crippen LogP contribution in [0.1, 0.15) is 38.8 Å². The summed E-state index contributed by atoms with van der Waals surface area (Å²) in [5.41, 5.74) is 5.56. The highest BCUT2D eigenvalue weighted by atomic mass is 19.1. The predicted molar refractivity (Wildman–Crippen MR) is 82.9 cm³/mol. The third-order valence-corrected chi connectivity index (χ3v) is 3.14. The van der Waals surface area contributed by atoms with Crippen LogP contribution in [0.25, 0.3) is 5.57 Å². The van der Waals surface area contributed by atoms with E-state index in [4.69, 9.17) is 0 Å². The zero-order chi connectivity index (χ0) is 14.4. The average molecular weight is 258 g/mol. The van der Waals surface area contributed by atoms with Crippen LogP contribution < -0.4 is 0 Å². The fourth-order valence-electron chi connectivity index (χ4n) is 1.71. The van der Waals surface area contributed by atoms with Crippen molar-refractivity contribution in [3.8, 4) is 0 Å². The Bertz CT molecular complexity index is 500. The van der Waals surface area contributed by atoms with Crippen molar-refractivity contribution in [3.05, 3.63) is 65.3 Å². The molecular weight excluding hydrogens is 235 g/mol. The average Bonchev–Trinajstić information content (AvgIpc) is 2.34. The molecule has 0 aliphatic rings. The largest absolute Gasteiger partial charge is 0.247 e. The third-order valence-electron chi connectivity index (χ3n) is 3.14. The number of halogens is 1. The SMILES string of the molecule is C=C(/C=C\C(C)=C(C)C)c1cccc(CC(C)F)c1. The van der Waals surface area contributed by atoms with Crippen LogP contribution in [0.5, 0.6) is 0 Å². The van der Waals surface area contributed by atoms with E-state index in [-0.39, 0.29) is 0 Å². The standard InChI is InChI=1S/C18H23F/c1-13(2)14(3)9-10-15(4)18-8-6-7-17(12-18)11-16(5)19/h6-10,12,16H,4,11H2,1-3,5H3/b10-9-. The first-order valence-corrected chi connectivity index (χ1v) is 6.64. The maximum Gasteiger partial charge on any atom is 0.101 e. The van der Waals surface area contributed by atoms with Crippen LogP contribution in [0, 0.1) is 0 Å². The van der Waals surface area contributed by atoms with E-state index in [1.54, 1.807) is 6.92 Å². The number of hydrogen-bond acceptors (Lipinski definition) is 0. The molecule has 0 spiro atoms. The van der Waals surface area contributed by atoms with Crippen LogP contribution in [-0.2, 0) is 6.42 Å². The Kier molecular flexibility index (Phi) is 5.75. The van der Waals surface area contributed by atoms with Gasteiger partial charge in [0.2, 0.25) is 0 Å². The van der Waals surface area contributed by atoms with Crippen molar-refractivity contribution in [2.45, 2.75) is 40.3 Å². The fourth-order valence-corrected chi connectivity index (χ4v) is 1.71. The van der Waals surface area contributed by atoms with Gasteiger partial charge in [0.05, 0.1) is 0 Å². The second-order valence-corrected chi connectivity index (χ2v) is 5.23. The van der Waals surface area contributed by atoms with Crippen molar-refractivity contribution in [1.29, 1.82) is 0 Å². The number of rotatable bonds is 5. The lowest BCUT2D eigenvalue weighted by Crippen LogP contribution is -1.98. The summed E-state index contributed by atoms with van der Waals surface area (Å²) in [4.78, 5) is 0. The van der Waals surface area contributed by atoms with Crippen molar-refractivity contribution in [3.63, 3.8) is 0 Å². The Morgan fingerprint density at radius 2 is 1.95 bits per heavy atom. The summed E-state index contributed by atoms with van der Waals surface area (Å²) >= 11 is 0. The summed E-state index contributed by atoms with van der Waals surface area (Å²) in [7, 11) is 0. The van der Waals surface area contributed by atoms with E-state index < -0.39 is 6.17 Å². The molecule has 1 unspecified atom stereocenters. The van der Waals surface area contributed by atoms with E-state index in [2.05, 4.69) is 33.4 Å². The van der Waals surface area contributed by atoms with Crippen molar-refractivity contribution < 1.29 is 4.39 Å². The Morgan fingerprint density at radius 3 is 2.53 bits per heavy atom. The monoisotopic (exact) mass is 258 g/mol. The van der Waals surface area contributed by atoms with Crippen LogP contribution in [0.3, 0.4) is 0 Å². The smallest absolute Gasteiger partial charge is 0.101 e. The van der Waals surface area contributed by atoms with Gasteiger partial charge in [-0.1, -0.05) is 54.1 Å². The zero-order valence-electron chi connectivity index (χ0n) is 12.3. The Hall–Kier alpha value is -1.63. The molecule has 0 fully saturated rings. The molecule has 1 heteroatoms. The number of benzene rings is 1. The fraction of sp³-hybridized carbons (Fsp3) is 0.333. The summed E-state index contributed by atoms with van der Waals surface area (Å²) in [6.45, 7) is 11.9. The van der Waals surface area contributed by atoms with Gasteiger partial charge in [0.15, 0.2) is 0 Å². The molecule has 102 valence electrons. The molecule has 0 amide bonds. The number of alkyl halides is 1. The van der Waals surface area contributed by atoms with Gasteiger partial charge in [-0.15, -0.1) is 0 Å². The topological polar surface area (TPSA) is 0 Å². The second-order valence-electron chi connectivity index (χ2n) is 5.23. The lowest BCUT2D eigenvalue weighted by molar-refractivity contribution is 0.360. The predicted octanol–water partition coefficient (Wildman–Crippen LogP) is 5.51. The molecule has 0 aliphatic heterocycles. The molecule has 0 N–H and O–H groups in total. The summed E-state index contributed by atoms with van der Waals surface area (Å²) in [6, 6.07) is 7.94. The minimum atomic E-state index is -0.813. The molecule has 19 heavy (non-hydrogen) atoms. The minimum absolute atomic E-state index is 0.456. The van der Waals surface area contributed by atoms with Crippen LogP contribution in [0.15, 0.2) is 54.1 Å². The summed E-state index contributed by atoms with van der Waals surface area (Å²) < 4.78 is 13.0. The molecular formula is C18H23F. The number of allylic oxidation sites excluding steroid dienone is 5. The van der Waals surface area contributed by atoms with E-state index in [9.17, 15) is 4.39 Å². The maximum atomic E-state index is 13.0. The minimum Gasteiger partial charge on any atom is -0.247 e. The lowest BCUT2D eigenvalue weighted by Gasteiger charge is -2.06. The third kappa shape index (κ3) is 5.25. The van der Waals surface area contributed by atoms with Gasteiger partial charge in [-0.2, -0.15) is 0 Å². The van der Waals surface area contributed by atoms with Crippen molar-refractivity contribution in [2.24, 2.45) is 0 Å². The highest BCUT2D eigenvalue weighted by Gasteiger charge is 2.02. The van der Waals surface area contributed by atoms with E-state index in [1.807, 2.05) is 30.3 Å². The molecule has 0 nitrogen and oxygen atoms in total. The first kappa shape index (κ1) is 15.4. The van der Waals surface area contributed by atoms with Gasteiger partial charge in [-0.25, -0.2) is 4.39 Å². The van der Waals surface area contributed by atoms with Crippen LogP contribution in [-0.4, -0.2) is 6.17 Å². The molecule has 1 rings (SSSR count). The number of hydrogen-bond donors (Lipinski definition) is 0.